The van der Waals surface area contributed by atoms with Gasteiger partial charge in [-0.2, -0.15) is 4.37 Å². The van der Waals surface area contributed by atoms with Gasteiger partial charge in [0.2, 0.25) is 0 Å². The summed E-state index contributed by atoms with van der Waals surface area (Å²) in [5.74, 6) is -1.15. The number of hydrogen-bond donors (Lipinski definition) is 1. The predicted molar refractivity (Wildman–Crippen MR) is 49.2 cm³/mol. The Morgan fingerprint density at radius 3 is 2.31 bits per heavy atom. The molecule has 5 heteroatoms. The summed E-state index contributed by atoms with van der Waals surface area (Å²) in [6.07, 6.45) is 0. The number of carbonyl (C=O) groups excluding carboxylic acids is 1. The molecule has 74 valence electrons. The molecule has 0 fully saturated rings. The molecule has 13 heavy (non-hydrogen) atoms. The molecule has 0 saturated heterocycles. The first-order valence-electron chi connectivity index (χ1n) is 3.91. The molecule has 0 unspecified atom stereocenters. The van der Waals surface area contributed by atoms with Crippen LogP contribution in [-0.4, -0.2) is 16.4 Å². The Morgan fingerprint density at radius 1 is 1.69 bits per heavy atom. The number of rotatable bonds is 1. The van der Waals surface area contributed by atoms with Gasteiger partial charge in [0.1, 0.15) is 0 Å². The average Bonchev–Trinajstić information content (AvgIpc) is 2.34. The van der Waals surface area contributed by atoms with Crippen molar-refractivity contribution in [2.24, 2.45) is 0 Å². The van der Waals surface area contributed by atoms with E-state index in [0.29, 0.717) is 6.04 Å². The molecule has 0 aliphatic rings. The van der Waals surface area contributed by atoms with Gasteiger partial charge in [-0.25, -0.2) is 0 Å². The number of carboxylic acids is 1. The van der Waals surface area contributed by atoms with Crippen molar-refractivity contribution in [1.29, 1.82) is 0 Å². The van der Waals surface area contributed by atoms with Crippen LogP contribution < -0.4 is 10.8 Å². The van der Waals surface area contributed by atoms with Crippen molar-refractivity contribution in [3.63, 3.8) is 0 Å². The molecule has 0 amide bonds. The van der Waals surface area contributed by atoms with Gasteiger partial charge in [-0.3, -0.25) is 0 Å². The lowest BCUT2D eigenvalue weighted by molar-refractivity contribution is -0.407. The maximum absolute atomic E-state index is 10.1. The van der Waals surface area contributed by atoms with Crippen LogP contribution in [0.15, 0.2) is 6.07 Å². The summed E-state index contributed by atoms with van der Waals surface area (Å²) in [6.45, 7) is 5.85. The minimum absolute atomic E-state index is 0.188. The van der Waals surface area contributed by atoms with E-state index in [4.69, 9.17) is 0 Å². The molecule has 1 aromatic heterocycles. The summed E-state index contributed by atoms with van der Waals surface area (Å²) in [4.78, 5) is 10.3. The molecule has 0 aromatic carbocycles. The lowest BCUT2D eigenvalue weighted by Gasteiger charge is -1.90. The van der Waals surface area contributed by atoms with E-state index in [2.05, 4.69) is 24.0 Å². The molecule has 0 bridgehead atoms. The first kappa shape index (κ1) is 12.1. The van der Waals surface area contributed by atoms with Gasteiger partial charge in [0.15, 0.2) is 0 Å². The Bertz CT molecular complexity index is 268. The monoisotopic (exact) mass is 202 g/mol. The van der Waals surface area contributed by atoms with Crippen LogP contribution in [0, 0.1) is 6.92 Å². The third-order valence-electron chi connectivity index (χ3n) is 0.829. The Kier molecular flexibility index (Phi) is 5.25. The second-order valence-electron chi connectivity index (χ2n) is 3.01. The summed E-state index contributed by atoms with van der Waals surface area (Å²) >= 11 is 0.946. The molecule has 0 saturated carbocycles. The van der Waals surface area contributed by atoms with E-state index in [1.807, 2.05) is 0 Å². The third-order valence-corrected chi connectivity index (χ3v) is 1.69. The average molecular weight is 202 g/mol. The fourth-order valence-electron chi connectivity index (χ4n) is 0.460. The molecule has 1 heterocycles. The molecular weight excluding hydrogens is 188 g/mol. The SMILES string of the molecule is CC(C)[NH3+].Cc1cc(C(=O)[O-])sn1. The van der Waals surface area contributed by atoms with Crippen LogP contribution in [0.3, 0.4) is 0 Å². The van der Waals surface area contributed by atoms with Gasteiger partial charge in [-0.1, -0.05) is 0 Å². The van der Waals surface area contributed by atoms with Gasteiger partial charge >= 0.3 is 0 Å². The predicted octanol–water partition coefficient (Wildman–Crippen LogP) is -0.548. The highest BCUT2D eigenvalue weighted by Crippen LogP contribution is 2.06. The number of hydrogen-bond acceptors (Lipinski definition) is 4. The van der Waals surface area contributed by atoms with Crippen molar-refractivity contribution in [3.05, 3.63) is 16.6 Å². The normalized spacial score (nSPS) is 9.31. The van der Waals surface area contributed by atoms with E-state index in [9.17, 15) is 9.90 Å². The van der Waals surface area contributed by atoms with Crippen molar-refractivity contribution in [1.82, 2.24) is 4.37 Å². The molecule has 0 radical (unpaired) electrons. The van der Waals surface area contributed by atoms with Crippen LogP contribution >= 0.6 is 11.5 Å². The second kappa shape index (κ2) is 5.66. The van der Waals surface area contributed by atoms with Crippen LogP contribution in [0.2, 0.25) is 0 Å². The van der Waals surface area contributed by atoms with Gasteiger partial charge in [0.25, 0.3) is 0 Å². The number of aromatic carboxylic acids is 1. The molecule has 0 atom stereocenters. The van der Waals surface area contributed by atoms with Crippen molar-refractivity contribution >= 4 is 17.5 Å². The summed E-state index contributed by atoms with van der Waals surface area (Å²) in [7, 11) is 0. The minimum atomic E-state index is -1.15. The number of aryl methyl sites for hydroxylation is 1. The number of quaternary nitrogens is 1. The van der Waals surface area contributed by atoms with E-state index >= 15 is 0 Å². The van der Waals surface area contributed by atoms with Gasteiger partial charge in [-0.05, 0) is 38.4 Å². The van der Waals surface area contributed by atoms with Crippen molar-refractivity contribution < 1.29 is 15.6 Å². The summed E-state index contributed by atoms with van der Waals surface area (Å²) in [6, 6.07) is 2.07. The van der Waals surface area contributed by atoms with E-state index in [1.165, 1.54) is 6.07 Å². The number of aromatic nitrogens is 1. The zero-order valence-electron chi connectivity index (χ0n) is 8.03. The van der Waals surface area contributed by atoms with Gasteiger partial charge in [0, 0.05) is 0 Å². The van der Waals surface area contributed by atoms with Crippen LogP contribution in [0.4, 0.5) is 0 Å². The third kappa shape index (κ3) is 6.24. The lowest BCUT2D eigenvalue weighted by Crippen LogP contribution is -2.57. The fourth-order valence-corrected chi connectivity index (χ4v) is 1.05. The Labute approximate surface area is 81.6 Å². The molecule has 3 N–H and O–H groups in total. The summed E-state index contributed by atoms with van der Waals surface area (Å²) in [5.41, 5.74) is 4.36. The summed E-state index contributed by atoms with van der Waals surface area (Å²) in [5, 5.41) is 10.1. The Hall–Kier alpha value is -0.940. The van der Waals surface area contributed by atoms with E-state index in [-0.39, 0.29) is 4.88 Å². The van der Waals surface area contributed by atoms with Crippen molar-refractivity contribution in [2.75, 3.05) is 0 Å². The minimum Gasteiger partial charge on any atom is -0.544 e. The van der Waals surface area contributed by atoms with Crippen LogP contribution in [-0.2, 0) is 0 Å². The quantitative estimate of drug-likeness (QED) is 0.663. The van der Waals surface area contributed by atoms with Crippen molar-refractivity contribution in [3.8, 4) is 0 Å². The molecule has 4 nitrogen and oxygen atoms in total. The van der Waals surface area contributed by atoms with E-state index < -0.39 is 5.97 Å². The van der Waals surface area contributed by atoms with Gasteiger partial charge < -0.3 is 15.6 Å². The molecular formula is C8H14N2O2S. The highest BCUT2D eigenvalue weighted by Gasteiger charge is 1.95. The molecule has 1 rings (SSSR count). The maximum Gasteiger partial charge on any atom is 0.0831 e. The first-order chi connectivity index (χ1) is 5.93. The number of carbonyl (C=O) groups is 1. The fraction of sp³-hybridized carbons (Fsp3) is 0.500. The zero-order valence-corrected chi connectivity index (χ0v) is 8.85. The Balaban J connectivity index is 0.000000310. The van der Waals surface area contributed by atoms with Gasteiger partial charge in [-0.15, -0.1) is 0 Å². The maximum atomic E-state index is 10.1. The molecule has 0 spiro atoms. The van der Waals surface area contributed by atoms with Crippen molar-refractivity contribution in [2.45, 2.75) is 26.8 Å². The number of nitrogens with zero attached hydrogens (tertiary/aromatic N) is 1. The second-order valence-corrected chi connectivity index (χ2v) is 3.82. The smallest absolute Gasteiger partial charge is 0.0831 e. The Morgan fingerprint density at radius 2 is 2.15 bits per heavy atom. The zero-order chi connectivity index (χ0) is 10.4. The van der Waals surface area contributed by atoms with Crippen LogP contribution in [0.1, 0.15) is 29.2 Å². The van der Waals surface area contributed by atoms with Crippen LogP contribution in [0.5, 0.6) is 0 Å². The van der Waals surface area contributed by atoms with Gasteiger partial charge in [0.05, 0.1) is 22.6 Å². The number of carboxylic acid groups (broad SMARTS) is 1. The standard InChI is InChI=1S/C5H5NO2S.C3H9N/c1-3-2-4(5(7)8)9-6-3;1-3(2)4/h2H,1H3,(H,7,8);3H,4H2,1-2H3. The summed E-state index contributed by atoms with van der Waals surface area (Å²) < 4.78 is 3.76. The lowest BCUT2D eigenvalue weighted by atomic mass is 10.4. The topological polar surface area (TPSA) is 80.7 Å². The molecule has 0 aliphatic carbocycles. The van der Waals surface area contributed by atoms with Crippen LogP contribution in [0.25, 0.3) is 0 Å². The largest absolute Gasteiger partial charge is 0.544 e. The van der Waals surface area contributed by atoms with E-state index in [0.717, 1.165) is 17.2 Å². The highest BCUT2D eigenvalue weighted by molar-refractivity contribution is 7.07. The first-order valence-corrected chi connectivity index (χ1v) is 4.68. The molecule has 1 aromatic rings. The van der Waals surface area contributed by atoms with E-state index in [1.54, 1.807) is 6.92 Å². The highest BCUT2D eigenvalue weighted by atomic mass is 32.1. The molecule has 0 aliphatic heterocycles.